The van der Waals surface area contributed by atoms with Gasteiger partial charge in [-0.2, -0.15) is 0 Å². The molecule has 2 rings (SSSR count). The molecule has 2 aromatic rings. The van der Waals surface area contributed by atoms with E-state index < -0.39 is 34.4 Å². The minimum Gasteiger partial charge on any atom is -0.475 e. The summed E-state index contributed by atoms with van der Waals surface area (Å²) >= 11 is 0. The smallest absolute Gasteiger partial charge is 0.377 e. The molecule has 1 N–H and O–H groups in total. The molecule has 0 radical (unpaired) electrons. The second kappa shape index (κ2) is 7.67. The zero-order chi connectivity index (χ0) is 18.6. The summed E-state index contributed by atoms with van der Waals surface area (Å²) in [5, 5.41) is 8.88. The van der Waals surface area contributed by atoms with Crippen LogP contribution < -0.4 is 11.2 Å². The van der Waals surface area contributed by atoms with Gasteiger partial charge in [-0.3, -0.25) is 14.2 Å². The van der Waals surface area contributed by atoms with E-state index in [1.807, 2.05) is 0 Å². The largest absolute Gasteiger partial charge is 0.475 e. The molecule has 0 bridgehead atoms. The number of ether oxygens (including phenoxy) is 1. The van der Waals surface area contributed by atoms with Crippen molar-refractivity contribution in [1.82, 2.24) is 9.13 Å². The summed E-state index contributed by atoms with van der Waals surface area (Å²) in [6.45, 7) is 0.429. The van der Waals surface area contributed by atoms with Gasteiger partial charge in [0, 0.05) is 26.5 Å². The Morgan fingerprint density at radius 3 is 2.40 bits per heavy atom. The minimum absolute atomic E-state index is 0.0249. The van der Waals surface area contributed by atoms with E-state index in [2.05, 4.69) is 0 Å². The Balaban J connectivity index is 2.69. The molecular formula is C16H15FN2O6. The molecule has 0 fully saturated rings. The van der Waals surface area contributed by atoms with E-state index >= 15 is 0 Å². The molecular weight excluding hydrogens is 335 g/mol. The van der Waals surface area contributed by atoms with Gasteiger partial charge in [0.25, 0.3) is 11.3 Å². The van der Waals surface area contributed by atoms with Gasteiger partial charge in [-0.25, -0.2) is 18.5 Å². The van der Waals surface area contributed by atoms with Crippen molar-refractivity contribution in [3.8, 4) is 5.69 Å². The first-order chi connectivity index (χ1) is 11.9. The van der Waals surface area contributed by atoms with Crippen LogP contribution in [0.1, 0.15) is 16.8 Å². The number of halogens is 1. The fraction of sp³-hybridized carbons (Fsp3) is 0.250. The van der Waals surface area contributed by atoms with E-state index in [4.69, 9.17) is 9.84 Å². The van der Waals surface area contributed by atoms with Gasteiger partial charge in [0.1, 0.15) is 11.4 Å². The fourth-order valence-corrected chi connectivity index (χ4v) is 2.23. The van der Waals surface area contributed by atoms with Crippen molar-refractivity contribution in [2.75, 3.05) is 13.7 Å². The van der Waals surface area contributed by atoms with Crippen molar-refractivity contribution in [3.63, 3.8) is 0 Å². The normalized spacial score (nSPS) is 10.6. The zero-order valence-electron chi connectivity index (χ0n) is 13.3. The molecule has 0 aliphatic rings. The second-order valence-corrected chi connectivity index (χ2v) is 5.12. The Bertz CT molecular complexity index is 914. The van der Waals surface area contributed by atoms with Crippen molar-refractivity contribution in [3.05, 3.63) is 62.7 Å². The molecule has 0 saturated carbocycles. The molecule has 0 aliphatic carbocycles. The molecule has 0 spiro atoms. The molecule has 8 nitrogen and oxygen atoms in total. The lowest BCUT2D eigenvalue weighted by atomic mass is 10.2. The van der Waals surface area contributed by atoms with Gasteiger partial charge in [-0.15, -0.1) is 0 Å². The first-order valence-electron chi connectivity index (χ1n) is 7.25. The molecule has 1 aromatic carbocycles. The van der Waals surface area contributed by atoms with Crippen molar-refractivity contribution in [1.29, 1.82) is 0 Å². The van der Waals surface area contributed by atoms with Crippen LogP contribution in [0.4, 0.5) is 4.39 Å². The molecule has 1 heterocycles. The molecule has 0 saturated heterocycles. The number of Topliss-reactive ketones (excluding diaryl/α,β-unsaturated/α-hetero) is 1. The van der Waals surface area contributed by atoms with Gasteiger partial charge in [0.05, 0.1) is 5.69 Å². The standard InChI is InChI=1S/C16H15FN2O6/c1-25-8-2-7-18-9-12(13(20)15(22)23)14(21)19(16(18)24)11-5-3-10(17)4-6-11/h3-6,9H,2,7-8H2,1H3,(H,22,23). The number of nitrogens with zero attached hydrogens (tertiary/aromatic N) is 2. The van der Waals surface area contributed by atoms with Crippen molar-refractivity contribution < 1.29 is 23.8 Å². The van der Waals surface area contributed by atoms with E-state index in [-0.39, 0.29) is 12.2 Å². The number of benzene rings is 1. The summed E-state index contributed by atoms with van der Waals surface area (Å²) in [4.78, 5) is 47.7. The average Bonchev–Trinajstić information content (AvgIpc) is 2.58. The number of methoxy groups -OCH3 is 1. The first kappa shape index (κ1) is 18.3. The molecule has 0 unspecified atom stereocenters. The number of aromatic nitrogens is 2. The highest BCUT2D eigenvalue weighted by Gasteiger charge is 2.23. The van der Waals surface area contributed by atoms with Crippen LogP contribution in [-0.4, -0.2) is 39.7 Å². The van der Waals surface area contributed by atoms with Crippen LogP contribution >= 0.6 is 0 Å². The van der Waals surface area contributed by atoms with Gasteiger partial charge in [0.2, 0.25) is 0 Å². The number of hydrogen-bond acceptors (Lipinski definition) is 5. The Kier molecular flexibility index (Phi) is 5.60. The summed E-state index contributed by atoms with van der Waals surface area (Å²) in [6, 6.07) is 4.46. The van der Waals surface area contributed by atoms with Crippen molar-refractivity contribution in [2.24, 2.45) is 0 Å². The fourth-order valence-electron chi connectivity index (χ4n) is 2.23. The van der Waals surface area contributed by atoms with E-state index in [0.29, 0.717) is 17.6 Å². The number of aliphatic carboxylic acids is 1. The maximum absolute atomic E-state index is 13.1. The van der Waals surface area contributed by atoms with E-state index in [9.17, 15) is 23.6 Å². The van der Waals surface area contributed by atoms with Gasteiger partial charge in [-0.05, 0) is 30.7 Å². The monoisotopic (exact) mass is 350 g/mol. The number of carbonyl (C=O) groups is 2. The van der Waals surface area contributed by atoms with Crippen LogP contribution in [0.5, 0.6) is 0 Å². The number of carboxylic acids is 1. The second-order valence-electron chi connectivity index (χ2n) is 5.12. The topological polar surface area (TPSA) is 108 Å². The molecule has 25 heavy (non-hydrogen) atoms. The molecule has 0 atom stereocenters. The maximum atomic E-state index is 13.1. The summed E-state index contributed by atoms with van der Waals surface area (Å²) in [5.74, 6) is -3.82. The average molecular weight is 350 g/mol. The highest BCUT2D eigenvalue weighted by atomic mass is 19.1. The molecule has 9 heteroatoms. The maximum Gasteiger partial charge on any atom is 0.377 e. The number of rotatable bonds is 7. The molecule has 1 aromatic heterocycles. The third-order valence-electron chi connectivity index (χ3n) is 3.43. The Labute approximate surface area is 140 Å². The van der Waals surface area contributed by atoms with Crippen molar-refractivity contribution >= 4 is 11.8 Å². The highest BCUT2D eigenvalue weighted by molar-refractivity contribution is 6.39. The first-order valence-corrected chi connectivity index (χ1v) is 7.25. The van der Waals surface area contributed by atoms with E-state index in [1.165, 1.54) is 19.2 Å². The van der Waals surface area contributed by atoms with Gasteiger partial charge < -0.3 is 9.84 Å². The lowest BCUT2D eigenvalue weighted by molar-refractivity contribution is -0.131. The third-order valence-corrected chi connectivity index (χ3v) is 3.43. The number of hydrogen-bond donors (Lipinski definition) is 1. The predicted molar refractivity (Wildman–Crippen MR) is 84.7 cm³/mol. The van der Waals surface area contributed by atoms with Gasteiger partial charge >= 0.3 is 11.7 Å². The third kappa shape index (κ3) is 3.89. The SMILES string of the molecule is COCCCn1cc(C(=O)C(=O)O)c(=O)n(-c2ccc(F)cc2)c1=O. The van der Waals surface area contributed by atoms with Gasteiger partial charge in [0.15, 0.2) is 0 Å². The van der Waals surface area contributed by atoms with Crippen LogP contribution in [0.25, 0.3) is 5.69 Å². The highest BCUT2D eigenvalue weighted by Crippen LogP contribution is 2.06. The summed E-state index contributed by atoms with van der Waals surface area (Å²) in [6.07, 6.45) is 1.33. The Morgan fingerprint density at radius 1 is 1.20 bits per heavy atom. The van der Waals surface area contributed by atoms with Crippen LogP contribution in [0.15, 0.2) is 40.1 Å². The van der Waals surface area contributed by atoms with Crippen molar-refractivity contribution in [2.45, 2.75) is 13.0 Å². The lowest BCUT2D eigenvalue weighted by Gasteiger charge is -2.12. The molecule has 0 amide bonds. The van der Waals surface area contributed by atoms with Crippen LogP contribution in [0.2, 0.25) is 0 Å². The predicted octanol–water partition coefficient (Wildman–Crippen LogP) is 0.442. The lowest BCUT2D eigenvalue weighted by Crippen LogP contribution is -2.42. The van der Waals surface area contributed by atoms with Crippen LogP contribution in [-0.2, 0) is 16.1 Å². The quantitative estimate of drug-likeness (QED) is 0.441. The Hall–Kier alpha value is -3.07. The summed E-state index contributed by atoms with van der Waals surface area (Å²) in [7, 11) is 1.47. The summed E-state index contributed by atoms with van der Waals surface area (Å²) < 4.78 is 19.7. The number of carbonyl (C=O) groups excluding carboxylic acids is 1. The van der Waals surface area contributed by atoms with E-state index in [1.54, 1.807) is 0 Å². The minimum atomic E-state index is -1.81. The zero-order valence-corrected chi connectivity index (χ0v) is 13.3. The summed E-state index contributed by atoms with van der Waals surface area (Å²) in [5.41, 5.74) is -2.48. The molecule has 132 valence electrons. The van der Waals surface area contributed by atoms with Crippen LogP contribution in [0.3, 0.4) is 0 Å². The number of aryl methyl sites for hydroxylation is 1. The Morgan fingerprint density at radius 2 is 1.84 bits per heavy atom. The van der Waals surface area contributed by atoms with Gasteiger partial charge in [-0.1, -0.05) is 0 Å². The number of carboxylic acid groups (broad SMARTS) is 1. The van der Waals surface area contributed by atoms with Crippen LogP contribution in [0, 0.1) is 5.82 Å². The number of ketones is 1. The molecule has 0 aliphatic heterocycles. The van der Waals surface area contributed by atoms with E-state index in [0.717, 1.165) is 22.9 Å².